The lowest BCUT2D eigenvalue weighted by Gasteiger charge is -2.30. The Morgan fingerprint density at radius 1 is 1.12 bits per heavy atom. The Morgan fingerprint density at radius 3 is 2.66 bits per heavy atom. The number of benzene rings is 1. The van der Waals surface area contributed by atoms with E-state index in [0.29, 0.717) is 17.5 Å². The van der Waals surface area contributed by atoms with Crippen LogP contribution < -0.4 is 5.73 Å². The van der Waals surface area contributed by atoms with Crippen LogP contribution in [0.3, 0.4) is 0 Å². The normalized spacial score (nSPS) is 18.6. The van der Waals surface area contributed by atoms with Gasteiger partial charge in [0.15, 0.2) is 11.5 Å². The maximum atomic E-state index is 14.0. The number of nitrogens with zero attached hydrogens (tertiary/aromatic N) is 5. The molecule has 0 saturated carbocycles. The Kier molecular flexibility index (Phi) is 4.75. The summed E-state index contributed by atoms with van der Waals surface area (Å²) in [7, 11) is 0. The molecule has 3 aromatic heterocycles. The topological polar surface area (TPSA) is 92.6 Å². The number of aromatic hydroxyl groups is 1. The summed E-state index contributed by atoms with van der Waals surface area (Å²) in [5.74, 6) is -0.757. The molecule has 11 heteroatoms. The molecule has 2 atom stereocenters. The van der Waals surface area contributed by atoms with E-state index in [1.807, 2.05) is 0 Å². The number of fused-ring (bicyclic) bond motifs is 2. The van der Waals surface area contributed by atoms with Crippen LogP contribution in [-0.4, -0.2) is 54.9 Å². The van der Waals surface area contributed by atoms with Gasteiger partial charge in [0.2, 0.25) is 0 Å². The van der Waals surface area contributed by atoms with Crippen LogP contribution >= 0.6 is 0 Å². The zero-order valence-electron chi connectivity index (χ0n) is 16.6. The standard InChI is InChI=1S/C21H18F4N6O/c22-13-7-11-1-3-15(27-18(11)16(32)8-13)20-29-28-17-4-2-12(9-31(17)20)19(21(23,24)25)30-6-5-14(26)10-30/h1-4,7-9,14,19,32H,5-6,10,26H2/t14-,19+/m0/s1. The third-order valence-electron chi connectivity index (χ3n) is 5.64. The summed E-state index contributed by atoms with van der Waals surface area (Å²) in [5.41, 5.74) is 6.64. The van der Waals surface area contributed by atoms with Crippen LogP contribution in [0.15, 0.2) is 42.6 Å². The predicted molar refractivity (Wildman–Crippen MR) is 108 cm³/mol. The summed E-state index contributed by atoms with van der Waals surface area (Å²) >= 11 is 0. The van der Waals surface area contributed by atoms with Gasteiger partial charge in [-0.25, -0.2) is 9.37 Å². The minimum Gasteiger partial charge on any atom is -0.506 e. The molecule has 166 valence electrons. The number of aromatic nitrogens is 4. The highest BCUT2D eigenvalue weighted by atomic mass is 19.4. The van der Waals surface area contributed by atoms with Crippen LogP contribution in [0.1, 0.15) is 18.0 Å². The highest BCUT2D eigenvalue weighted by Crippen LogP contribution is 2.39. The van der Waals surface area contributed by atoms with E-state index in [9.17, 15) is 22.7 Å². The van der Waals surface area contributed by atoms with Crippen LogP contribution in [0, 0.1) is 5.82 Å². The van der Waals surface area contributed by atoms with Crippen LogP contribution in [0.2, 0.25) is 0 Å². The first kappa shape index (κ1) is 20.6. The number of phenols is 1. The molecule has 1 aromatic carbocycles. The lowest BCUT2D eigenvalue weighted by molar-refractivity contribution is -0.183. The number of hydrogen-bond donors (Lipinski definition) is 2. The van der Waals surface area contributed by atoms with E-state index in [4.69, 9.17) is 5.73 Å². The Morgan fingerprint density at radius 2 is 1.94 bits per heavy atom. The van der Waals surface area contributed by atoms with E-state index in [-0.39, 0.29) is 47.5 Å². The summed E-state index contributed by atoms with van der Waals surface area (Å²) in [6, 6.07) is 6.00. The number of rotatable bonds is 3. The lowest BCUT2D eigenvalue weighted by Crippen LogP contribution is -2.38. The number of hydrogen-bond acceptors (Lipinski definition) is 6. The van der Waals surface area contributed by atoms with E-state index >= 15 is 0 Å². The van der Waals surface area contributed by atoms with Crippen molar-refractivity contribution in [1.82, 2.24) is 24.5 Å². The molecule has 3 N–H and O–H groups in total. The molecule has 0 radical (unpaired) electrons. The third kappa shape index (κ3) is 3.53. The summed E-state index contributed by atoms with van der Waals surface area (Å²) in [5, 5.41) is 18.5. The Hall–Kier alpha value is -3.31. The molecule has 4 heterocycles. The maximum Gasteiger partial charge on any atom is 0.408 e. The molecule has 32 heavy (non-hydrogen) atoms. The fourth-order valence-electron chi connectivity index (χ4n) is 4.21. The smallest absolute Gasteiger partial charge is 0.408 e. The van der Waals surface area contributed by atoms with Gasteiger partial charge in [-0.05, 0) is 30.2 Å². The largest absolute Gasteiger partial charge is 0.506 e. The predicted octanol–water partition coefficient (Wildman–Crippen LogP) is 3.43. The number of halogens is 4. The molecular formula is C21H18F4N6O. The van der Waals surface area contributed by atoms with Gasteiger partial charge in [-0.1, -0.05) is 12.1 Å². The molecular weight excluding hydrogens is 428 g/mol. The number of phenolic OH excluding ortho intramolecular Hbond substituents is 1. The molecule has 0 bridgehead atoms. The van der Waals surface area contributed by atoms with Gasteiger partial charge >= 0.3 is 6.18 Å². The van der Waals surface area contributed by atoms with E-state index in [1.165, 1.54) is 33.7 Å². The van der Waals surface area contributed by atoms with E-state index in [0.717, 1.165) is 6.07 Å². The van der Waals surface area contributed by atoms with Crippen molar-refractivity contribution in [3.8, 4) is 17.3 Å². The maximum absolute atomic E-state index is 14.0. The fourth-order valence-corrected chi connectivity index (χ4v) is 4.21. The summed E-state index contributed by atoms with van der Waals surface area (Å²) < 4.78 is 56.9. The molecule has 1 saturated heterocycles. The second kappa shape index (κ2) is 7.38. The second-order valence-corrected chi connectivity index (χ2v) is 7.90. The van der Waals surface area contributed by atoms with Crippen molar-refractivity contribution in [3.63, 3.8) is 0 Å². The number of likely N-dealkylation sites (tertiary alicyclic amines) is 1. The minimum absolute atomic E-state index is 0.0332. The van der Waals surface area contributed by atoms with Gasteiger partial charge < -0.3 is 10.8 Å². The second-order valence-electron chi connectivity index (χ2n) is 7.90. The first-order valence-corrected chi connectivity index (χ1v) is 9.91. The van der Waals surface area contributed by atoms with Gasteiger partial charge in [0.05, 0.1) is 0 Å². The average molecular weight is 446 g/mol. The van der Waals surface area contributed by atoms with Crippen molar-refractivity contribution >= 4 is 16.6 Å². The van der Waals surface area contributed by atoms with E-state index in [1.54, 1.807) is 12.1 Å². The minimum atomic E-state index is -4.50. The van der Waals surface area contributed by atoms with Crippen LogP contribution in [0.5, 0.6) is 5.75 Å². The highest BCUT2D eigenvalue weighted by molar-refractivity contribution is 5.86. The molecule has 0 aliphatic carbocycles. The Bertz CT molecular complexity index is 1320. The van der Waals surface area contributed by atoms with Gasteiger partial charge in [0.25, 0.3) is 0 Å². The first-order valence-electron chi connectivity index (χ1n) is 9.91. The van der Waals surface area contributed by atoms with Gasteiger partial charge in [0.1, 0.15) is 28.8 Å². The molecule has 4 aromatic rings. The number of alkyl halides is 3. The van der Waals surface area contributed by atoms with Crippen LogP contribution in [0.4, 0.5) is 17.6 Å². The Balaban J connectivity index is 1.62. The summed E-state index contributed by atoms with van der Waals surface area (Å²) in [6.45, 7) is 0.403. The lowest BCUT2D eigenvalue weighted by atomic mass is 10.1. The van der Waals surface area contributed by atoms with Gasteiger partial charge in [-0.3, -0.25) is 9.30 Å². The summed E-state index contributed by atoms with van der Waals surface area (Å²) in [4.78, 5) is 5.66. The molecule has 0 amide bonds. The molecule has 7 nitrogen and oxygen atoms in total. The van der Waals surface area contributed by atoms with Gasteiger partial charge in [-0.2, -0.15) is 13.2 Å². The van der Waals surface area contributed by atoms with Gasteiger partial charge in [0, 0.05) is 36.8 Å². The zero-order chi connectivity index (χ0) is 22.6. The van der Waals surface area contributed by atoms with Crippen molar-refractivity contribution in [2.24, 2.45) is 5.73 Å². The monoisotopic (exact) mass is 446 g/mol. The molecule has 5 rings (SSSR count). The highest BCUT2D eigenvalue weighted by Gasteiger charge is 2.46. The summed E-state index contributed by atoms with van der Waals surface area (Å²) in [6.07, 6.45) is -2.65. The van der Waals surface area contributed by atoms with Crippen molar-refractivity contribution in [3.05, 3.63) is 54.0 Å². The van der Waals surface area contributed by atoms with Crippen molar-refractivity contribution in [2.45, 2.75) is 24.7 Å². The van der Waals surface area contributed by atoms with E-state index in [2.05, 4.69) is 15.2 Å². The molecule has 0 unspecified atom stereocenters. The molecule has 1 fully saturated rings. The fraction of sp³-hybridized carbons (Fsp3) is 0.286. The first-order chi connectivity index (χ1) is 15.2. The average Bonchev–Trinajstić information content (AvgIpc) is 3.33. The van der Waals surface area contributed by atoms with Crippen molar-refractivity contribution in [1.29, 1.82) is 0 Å². The van der Waals surface area contributed by atoms with Crippen LogP contribution in [-0.2, 0) is 0 Å². The molecule has 1 aliphatic rings. The van der Waals surface area contributed by atoms with Crippen LogP contribution in [0.25, 0.3) is 28.1 Å². The van der Waals surface area contributed by atoms with Crippen molar-refractivity contribution < 1.29 is 22.7 Å². The van der Waals surface area contributed by atoms with E-state index < -0.39 is 18.0 Å². The van der Waals surface area contributed by atoms with Crippen molar-refractivity contribution in [2.75, 3.05) is 13.1 Å². The molecule has 1 aliphatic heterocycles. The SMILES string of the molecule is N[C@H]1CCN([C@H](c2ccc3nnc(-c4ccc5cc(F)cc(O)c5n4)n3c2)C(F)(F)F)C1. The number of nitrogens with two attached hydrogens (primary N) is 1. The third-order valence-corrected chi connectivity index (χ3v) is 5.64. The quantitative estimate of drug-likeness (QED) is 0.469. The van der Waals surface area contributed by atoms with Gasteiger partial charge in [-0.15, -0.1) is 10.2 Å². The zero-order valence-corrected chi connectivity index (χ0v) is 16.6. The number of pyridine rings is 2. The Labute approximate surface area is 179 Å². The molecule has 0 spiro atoms.